The van der Waals surface area contributed by atoms with Gasteiger partial charge in [-0.2, -0.15) is 13.2 Å². The average molecular weight is 296 g/mol. The number of anilines is 1. The Balaban J connectivity index is 2.21. The molecule has 112 valence electrons. The summed E-state index contributed by atoms with van der Waals surface area (Å²) in [7, 11) is 1.33. The maximum atomic E-state index is 13.0. The number of aryl methyl sites for hydroxylation is 1. The van der Waals surface area contributed by atoms with E-state index in [4.69, 9.17) is 4.74 Å². The molecule has 3 nitrogen and oxygen atoms in total. The number of aromatic nitrogens is 1. The van der Waals surface area contributed by atoms with Crippen LogP contribution >= 0.6 is 0 Å². The van der Waals surface area contributed by atoms with Crippen molar-refractivity contribution in [3.05, 3.63) is 53.3 Å². The summed E-state index contributed by atoms with van der Waals surface area (Å²) in [5.41, 5.74) is 0.939. The average Bonchev–Trinajstić information content (AvgIpc) is 2.45. The van der Waals surface area contributed by atoms with E-state index in [1.54, 1.807) is 6.20 Å². The Labute approximate surface area is 120 Å². The normalized spacial score (nSPS) is 11.3. The Morgan fingerprint density at radius 1 is 1.19 bits per heavy atom. The van der Waals surface area contributed by atoms with Crippen molar-refractivity contribution in [1.29, 1.82) is 0 Å². The predicted octanol–water partition coefficient (Wildman–Crippen LogP) is 4.03. The number of ether oxygens (including phenoxy) is 1. The van der Waals surface area contributed by atoms with Gasteiger partial charge < -0.3 is 10.1 Å². The van der Waals surface area contributed by atoms with Crippen molar-refractivity contribution in [2.24, 2.45) is 0 Å². The second-order valence-electron chi connectivity index (χ2n) is 4.57. The molecule has 0 unspecified atom stereocenters. The van der Waals surface area contributed by atoms with Crippen molar-refractivity contribution < 1.29 is 17.9 Å². The Morgan fingerprint density at radius 3 is 2.52 bits per heavy atom. The summed E-state index contributed by atoms with van der Waals surface area (Å²) in [6.45, 7) is 2.12. The molecule has 0 aliphatic rings. The van der Waals surface area contributed by atoms with Crippen LogP contribution < -0.4 is 10.1 Å². The van der Waals surface area contributed by atoms with Crippen molar-refractivity contribution in [2.45, 2.75) is 19.6 Å². The van der Waals surface area contributed by atoms with Gasteiger partial charge in [0.15, 0.2) is 0 Å². The second kappa shape index (κ2) is 6.03. The van der Waals surface area contributed by atoms with Crippen molar-refractivity contribution in [2.75, 3.05) is 12.4 Å². The molecule has 1 heterocycles. The lowest BCUT2D eigenvalue weighted by Crippen LogP contribution is -2.11. The molecule has 0 bridgehead atoms. The minimum Gasteiger partial charge on any atom is -0.497 e. The molecule has 0 aliphatic heterocycles. The van der Waals surface area contributed by atoms with Crippen LogP contribution in [0.25, 0.3) is 0 Å². The lowest BCUT2D eigenvalue weighted by atomic mass is 10.1. The van der Waals surface area contributed by atoms with Crippen LogP contribution in [0.3, 0.4) is 0 Å². The standard InChI is InChI=1S/C15H15F3N2O/c1-10-3-4-11(8-19-10)9-20-14-6-5-12(21-2)7-13(14)15(16,17)18/h3-8,20H,9H2,1-2H3. The number of benzene rings is 1. The molecule has 0 amide bonds. The Kier molecular flexibility index (Phi) is 4.35. The van der Waals surface area contributed by atoms with E-state index < -0.39 is 11.7 Å². The van der Waals surface area contributed by atoms with Crippen LogP contribution in [-0.2, 0) is 12.7 Å². The van der Waals surface area contributed by atoms with Gasteiger partial charge in [0, 0.05) is 24.1 Å². The van der Waals surface area contributed by atoms with Gasteiger partial charge in [-0.25, -0.2) is 0 Å². The first-order chi connectivity index (χ1) is 9.90. The SMILES string of the molecule is COc1ccc(NCc2ccc(C)nc2)c(C(F)(F)F)c1. The highest BCUT2D eigenvalue weighted by Gasteiger charge is 2.34. The van der Waals surface area contributed by atoms with E-state index in [1.807, 2.05) is 19.1 Å². The lowest BCUT2D eigenvalue weighted by Gasteiger charge is -2.15. The van der Waals surface area contributed by atoms with Crippen LogP contribution in [0.2, 0.25) is 0 Å². The molecule has 0 fully saturated rings. The number of pyridine rings is 1. The van der Waals surface area contributed by atoms with Crippen LogP contribution in [0.5, 0.6) is 5.75 Å². The van der Waals surface area contributed by atoms with Crippen LogP contribution in [0.15, 0.2) is 36.5 Å². The van der Waals surface area contributed by atoms with Crippen molar-refractivity contribution in [1.82, 2.24) is 4.98 Å². The van der Waals surface area contributed by atoms with Gasteiger partial charge in [0.2, 0.25) is 0 Å². The molecular formula is C15H15F3N2O. The molecule has 2 rings (SSSR count). The van der Waals surface area contributed by atoms with Gasteiger partial charge in [-0.05, 0) is 36.8 Å². The number of alkyl halides is 3. The molecule has 0 saturated carbocycles. The molecule has 0 radical (unpaired) electrons. The molecule has 0 atom stereocenters. The summed E-state index contributed by atoms with van der Waals surface area (Å²) in [5, 5.41) is 2.79. The fourth-order valence-electron chi connectivity index (χ4n) is 1.84. The first kappa shape index (κ1) is 15.2. The van der Waals surface area contributed by atoms with E-state index in [2.05, 4.69) is 10.3 Å². The van der Waals surface area contributed by atoms with Crippen molar-refractivity contribution in [3.8, 4) is 5.75 Å². The second-order valence-corrected chi connectivity index (χ2v) is 4.57. The third kappa shape index (κ3) is 3.87. The Hall–Kier alpha value is -2.24. The molecular weight excluding hydrogens is 281 g/mol. The predicted molar refractivity (Wildman–Crippen MR) is 74.3 cm³/mol. The summed E-state index contributed by atoms with van der Waals surface area (Å²) in [5.74, 6) is 0.171. The first-order valence-electron chi connectivity index (χ1n) is 6.31. The van der Waals surface area contributed by atoms with Gasteiger partial charge >= 0.3 is 6.18 Å². The molecule has 0 aliphatic carbocycles. The maximum absolute atomic E-state index is 13.0. The van der Waals surface area contributed by atoms with E-state index in [9.17, 15) is 13.2 Å². The summed E-state index contributed by atoms with van der Waals surface area (Å²) in [6.07, 6.45) is -2.80. The highest BCUT2D eigenvalue weighted by molar-refractivity contribution is 5.55. The maximum Gasteiger partial charge on any atom is 0.418 e. The number of nitrogens with zero attached hydrogens (tertiary/aromatic N) is 1. The summed E-state index contributed by atoms with van der Waals surface area (Å²) in [4.78, 5) is 4.11. The largest absolute Gasteiger partial charge is 0.497 e. The number of nitrogens with one attached hydrogen (secondary N) is 1. The van der Waals surface area contributed by atoms with Crippen molar-refractivity contribution in [3.63, 3.8) is 0 Å². The quantitative estimate of drug-likeness (QED) is 0.925. The zero-order valence-corrected chi connectivity index (χ0v) is 11.7. The number of rotatable bonds is 4. The van der Waals surface area contributed by atoms with Gasteiger partial charge in [0.1, 0.15) is 5.75 Å². The summed E-state index contributed by atoms with van der Waals surface area (Å²) in [6, 6.07) is 7.48. The number of methoxy groups -OCH3 is 1. The third-order valence-corrected chi connectivity index (χ3v) is 2.99. The lowest BCUT2D eigenvalue weighted by molar-refractivity contribution is -0.137. The van der Waals surface area contributed by atoms with Crippen LogP contribution in [0.1, 0.15) is 16.8 Å². The third-order valence-electron chi connectivity index (χ3n) is 2.99. The number of hydrogen-bond donors (Lipinski definition) is 1. The van der Waals surface area contributed by atoms with Gasteiger partial charge in [-0.1, -0.05) is 6.07 Å². The topological polar surface area (TPSA) is 34.1 Å². The van der Waals surface area contributed by atoms with E-state index >= 15 is 0 Å². The summed E-state index contributed by atoms with van der Waals surface area (Å²) >= 11 is 0. The Morgan fingerprint density at radius 2 is 1.95 bits per heavy atom. The van der Waals surface area contributed by atoms with E-state index in [0.717, 1.165) is 17.3 Å². The molecule has 1 aromatic carbocycles. The Bertz CT molecular complexity index is 609. The number of hydrogen-bond acceptors (Lipinski definition) is 3. The minimum absolute atomic E-state index is 0.0175. The van der Waals surface area contributed by atoms with Crippen LogP contribution in [0.4, 0.5) is 18.9 Å². The molecule has 0 spiro atoms. The van der Waals surface area contributed by atoms with Gasteiger partial charge in [-0.3, -0.25) is 4.98 Å². The summed E-state index contributed by atoms with van der Waals surface area (Å²) < 4.78 is 43.9. The van der Waals surface area contributed by atoms with Crippen molar-refractivity contribution >= 4 is 5.69 Å². The molecule has 2 aromatic rings. The monoisotopic (exact) mass is 296 g/mol. The smallest absolute Gasteiger partial charge is 0.418 e. The van der Waals surface area contributed by atoms with E-state index in [-0.39, 0.29) is 18.0 Å². The molecule has 21 heavy (non-hydrogen) atoms. The molecule has 6 heteroatoms. The van der Waals surface area contributed by atoms with Crippen LogP contribution in [-0.4, -0.2) is 12.1 Å². The van der Waals surface area contributed by atoms with Gasteiger partial charge in [-0.15, -0.1) is 0 Å². The van der Waals surface area contributed by atoms with Crippen LogP contribution in [0, 0.1) is 6.92 Å². The van der Waals surface area contributed by atoms with E-state index in [0.29, 0.717) is 0 Å². The molecule has 0 saturated heterocycles. The minimum atomic E-state index is -4.44. The first-order valence-corrected chi connectivity index (χ1v) is 6.31. The van der Waals surface area contributed by atoms with Gasteiger partial charge in [0.05, 0.1) is 12.7 Å². The fraction of sp³-hybridized carbons (Fsp3) is 0.267. The number of halogens is 3. The highest BCUT2D eigenvalue weighted by Crippen LogP contribution is 2.37. The molecule has 1 aromatic heterocycles. The zero-order chi connectivity index (χ0) is 15.5. The fourth-order valence-corrected chi connectivity index (χ4v) is 1.84. The van der Waals surface area contributed by atoms with E-state index in [1.165, 1.54) is 19.2 Å². The zero-order valence-electron chi connectivity index (χ0n) is 11.7. The highest BCUT2D eigenvalue weighted by atomic mass is 19.4. The molecule has 1 N–H and O–H groups in total. The van der Waals surface area contributed by atoms with Gasteiger partial charge in [0.25, 0.3) is 0 Å².